The summed E-state index contributed by atoms with van der Waals surface area (Å²) in [6.07, 6.45) is 4.26. The van der Waals surface area contributed by atoms with Crippen molar-refractivity contribution in [2.24, 2.45) is 5.41 Å². The first kappa shape index (κ1) is 23.0. The minimum atomic E-state index is -0.786. The number of ketones is 1. The van der Waals surface area contributed by atoms with E-state index in [2.05, 4.69) is 6.07 Å². The molecule has 1 aliphatic carbocycles. The van der Waals surface area contributed by atoms with Crippen LogP contribution in [0.2, 0.25) is 0 Å². The summed E-state index contributed by atoms with van der Waals surface area (Å²) in [4.78, 5) is 15.4. The van der Waals surface area contributed by atoms with Crippen LogP contribution in [0.15, 0.2) is 77.8 Å². The van der Waals surface area contributed by atoms with Crippen LogP contribution in [0.4, 0.5) is 14.5 Å². The summed E-state index contributed by atoms with van der Waals surface area (Å²) < 4.78 is 42.1. The van der Waals surface area contributed by atoms with E-state index in [0.717, 1.165) is 6.07 Å². The van der Waals surface area contributed by atoms with Gasteiger partial charge in [0.15, 0.2) is 17.3 Å². The number of ether oxygens (including phenoxy) is 2. The zero-order valence-corrected chi connectivity index (χ0v) is 20.3. The van der Waals surface area contributed by atoms with Crippen LogP contribution >= 0.6 is 0 Å². The Hall–Kier alpha value is -4.38. The number of fused-ring (bicyclic) bond motifs is 1. The minimum Gasteiger partial charge on any atom is -0.454 e. The molecule has 0 radical (unpaired) electrons. The number of aromatic nitrogens is 1. The van der Waals surface area contributed by atoms with E-state index in [9.17, 15) is 14.4 Å². The number of rotatable bonds is 3. The second kappa shape index (κ2) is 8.34. The highest BCUT2D eigenvalue weighted by Gasteiger charge is 2.46. The van der Waals surface area contributed by atoms with E-state index in [4.69, 9.17) is 9.47 Å². The van der Waals surface area contributed by atoms with Gasteiger partial charge < -0.3 is 14.0 Å². The maximum Gasteiger partial charge on any atom is 0.231 e. The van der Waals surface area contributed by atoms with Gasteiger partial charge in [-0.15, -0.1) is 0 Å². The second-order valence-electron chi connectivity index (χ2n) is 10.2. The normalized spacial score (nSPS) is 20.2. The number of allylic oxidation sites excluding steroid dienone is 3. The Kier molecular flexibility index (Phi) is 5.19. The van der Waals surface area contributed by atoms with Crippen molar-refractivity contribution in [1.82, 2.24) is 4.57 Å². The number of Topliss-reactive ketones (excluding diaryl/α,β-unsaturated/α-hetero) is 1. The van der Waals surface area contributed by atoms with Gasteiger partial charge in [0.05, 0.1) is 23.2 Å². The fraction of sp³-hybridized carbons (Fsp3) is 0.241. The Balaban J connectivity index is 1.68. The Morgan fingerprint density at radius 2 is 1.78 bits per heavy atom. The molecule has 2 aromatic carbocycles. The highest BCUT2D eigenvalue weighted by molar-refractivity contribution is 6.03. The molecule has 0 saturated heterocycles. The van der Waals surface area contributed by atoms with Gasteiger partial charge in [-0.2, -0.15) is 5.26 Å². The van der Waals surface area contributed by atoms with Gasteiger partial charge in [0, 0.05) is 36.2 Å². The smallest absolute Gasteiger partial charge is 0.231 e. The van der Waals surface area contributed by atoms with Crippen molar-refractivity contribution in [3.05, 3.63) is 95.0 Å². The summed E-state index contributed by atoms with van der Waals surface area (Å²) in [5.74, 6) is -0.784. The van der Waals surface area contributed by atoms with Crippen molar-refractivity contribution < 1.29 is 23.0 Å². The van der Waals surface area contributed by atoms with Gasteiger partial charge in [-0.05, 0) is 53.8 Å². The van der Waals surface area contributed by atoms with E-state index < -0.39 is 23.0 Å². The average Bonchev–Trinajstić information content (AvgIpc) is 3.54. The molecule has 1 atom stereocenters. The maximum atomic E-state index is 15.4. The molecule has 2 aliphatic heterocycles. The maximum absolute atomic E-state index is 15.4. The highest BCUT2D eigenvalue weighted by atomic mass is 19.1. The zero-order valence-electron chi connectivity index (χ0n) is 20.3. The number of nitrogens with zero attached hydrogens (tertiary/aromatic N) is 3. The SMILES string of the molecule is CC1(C)CC(=O)C2=C(C1)N(c1ccc(F)cc1F)C(n1cccc1)=C(C#N)C2c1ccc2c(c1)OCO2. The van der Waals surface area contributed by atoms with Crippen molar-refractivity contribution in [1.29, 1.82) is 5.26 Å². The van der Waals surface area contributed by atoms with E-state index in [1.165, 1.54) is 12.1 Å². The number of carbonyl (C=O) groups excluding carboxylic acids is 1. The fourth-order valence-corrected chi connectivity index (χ4v) is 5.54. The van der Waals surface area contributed by atoms with Crippen molar-refractivity contribution in [2.75, 3.05) is 11.7 Å². The van der Waals surface area contributed by atoms with Crippen LogP contribution < -0.4 is 14.4 Å². The molecule has 186 valence electrons. The molecule has 0 fully saturated rings. The Labute approximate surface area is 212 Å². The molecule has 3 aromatic rings. The summed E-state index contributed by atoms with van der Waals surface area (Å²) in [6.45, 7) is 4.07. The highest BCUT2D eigenvalue weighted by Crippen LogP contribution is 2.53. The number of hydrogen-bond acceptors (Lipinski definition) is 5. The van der Waals surface area contributed by atoms with Gasteiger partial charge in [0.25, 0.3) is 0 Å². The van der Waals surface area contributed by atoms with E-state index >= 15 is 4.39 Å². The van der Waals surface area contributed by atoms with E-state index in [1.807, 2.05) is 19.9 Å². The lowest BCUT2D eigenvalue weighted by atomic mass is 9.68. The summed E-state index contributed by atoms with van der Waals surface area (Å²) in [5, 5.41) is 10.6. The summed E-state index contributed by atoms with van der Waals surface area (Å²) in [6, 6.07) is 14.7. The third kappa shape index (κ3) is 3.70. The summed E-state index contributed by atoms with van der Waals surface area (Å²) in [7, 11) is 0. The molecule has 8 heteroatoms. The van der Waals surface area contributed by atoms with Crippen molar-refractivity contribution in [3.63, 3.8) is 0 Å². The number of benzene rings is 2. The predicted molar refractivity (Wildman–Crippen MR) is 132 cm³/mol. The first-order valence-electron chi connectivity index (χ1n) is 12.0. The molecule has 1 aromatic heterocycles. The van der Waals surface area contributed by atoms with Crippen LogP contribution in [0.5, 0.6) is 11.5 Å². The Morgan fingerprint density at radius 3 is 2.51 bits per heavy atom. The average molecular weight is 500 g/mol. The van der Waals surface area contributed by atoms with E-state index in [-0.39, 0.29) is 30.3 Å². The predicted octanol–water partition coefficient (Wildman–Crippen LogP) is 6.13. The van der Waals surface area contributed by atoms with Crippen molar-refractivity contribution in [2.45, 2.75) is 32.6 Å². The molecule has 0 saturated carbocycles. The van der Waals surface area contributed by atoms with Gasteiger partial charge in [-0.25, -0.2) is 8.78 Å². The molecule has 1 unspecified atom stereocenters. The molecule has 0 N–H and O–H groups in total. The largest absolute Gasteiger partial charge is 0.454 e. The van der Waals surface area contributed by atoms with E-state index in [1.54, 1.807) is 46.1 Å². The monoisotopic (exact) mass is 499 g/mol. The summed E-state index contributed by atoms with van der Waals surface area (Å²) in [5.41, 5.74) is 1.66. The van der Waals surface area contributed by atoms with Gasteiger partial charge in [0.1, 0.15) is 17.5 Å². The zero-order chi connectivity index (χ0) is 25.9. The second-order valence-corrected chi connectivity index (χ2v) is 10.2. The molecule has 3 aliphatic rings. The van der Waals surface area contributed by atoms with Gasteiger partial charge in [-0.3, -0.25) is 9.69 Å². The molecular formula is C29H23F2N3O3. The third-order valence-corrected chi connectivity index (χ3v) is 7.05. The lowest BCUT2D eigenvalue weighted by Gasteiger charge is -2.45. The Bertz CT molecular complexity index is 1550. The van der Waals surface area contributed by atoms with Crippen LogP contribution in [0, 0.1) is 28.4 Å². The first-order chi connectivity index (χ1) is 17.8. The minimum absolute atomic E-state index is 0.0694. The first-order valence-corrected chi connectivity index (χ1v) is 12.0. The quantitative estimate of drug-likeness (QED) is 0.433. The van der Waals surface area contributed by atoms with Crippen LogP contribution in [-0.4, -0.2) is 17.1 Å². The standard InChI is InChI=1S/C29H23F2N3O3/c1-29(2)13-22-27(23(35)14-29)26(17-5-8-24-25(11-17)37-16-36-24)19(15-32)28(33-9-3-4-10-33)34(22)21-7-6-18(30)12-20(21)31/h3-12,26H,13-14,16H2,1-2H3. The van der Waals surface area contributed by atoms with Crippen LogP contribution in [0.1, 0.15) is 38.2 Å². The lowest BCUT2D eigenvalue weighted by Crippen LogP contribution is -2.40. The number of nitriles is 1. The topological polar surface area (TPSA) is 67.5 Å². The van der Waals surface area contributed by atoms with Crippen molar-refractivity contribution in [3.8, 4) is 17.6 Å². The van der Waals surface area contributed by atoms with Crippen LogP contribution in [-0.2, 0) is 4.79 Å². The molecule has 6 nitrogen and oxygen atoms in total. The van der Waals surface area contributed by atoms with Gasteiger partial charge in [0.2, 0.25) is 6.79 Å². The third-order valence-electron chi connectivity index (χ3n) is 7.05. The number of hydrogen-bond donors (Lipinski definition) is 0. The van der Waals surface area contributed by atoms with Crippen LogP contribution in [0.25, 0.3) is 5.82 Å². The molecule has 0 bridgehead atoms. The van der Waals surface area contributed by atoms with Gasteiger partial charge >= 0.3 is 0 Å². The van der Waals surface area contributed by atoms with Gasteiger partial charge in [-0.1, -0.05) is 19.9 Å². The van der Waals surface area contributed by atoms with Crippen LogP contribution in [0.3, 0.4) is 0 Å². The molecule has 37 heavy (non-hydrogen) atoms. The number of carbonyl (C=O) groups is 1. The molecule has 0 amide bonds. The molecule has 6 rings (SSSR count). The van der Waals surface area contributed by atoms with Crippen molar-refractivity contribution >= 4 is 17.3 Å². The molecule has 0 spiro atoms. The number of anilines is 1. The summed E-state index contributed by atoms with van der Waals surface area (Å²) >= 11 is 0. The van der Waals surface area contributed by atoms with E-state index in [0.29, 0.717) is 40.6 Å². The lowest BCUT2D eigenvalue weighted by molar-refractivity contribution is -0.118. The molecule has 3 heterocycles. The Morgan fingerprint density at radius 1 is 1.03 bits per heavy atom. The molecular weight excluding hydrogens is 476 g/mol. The number of halogens is 2. The fourth-order valence-electron chi connectivity index (χ4n) is 5.54.